The fraction of sp³-hybridized carbons (Fsp3) is 0.533. The van der Waals surface area contributed by atoms with E-state index in [-0.39, 0.29) is 5.60 Å². The number of nitrogen functional groups attached to an aromatic ring is 1. The molecule has 0 aliphatic carbocycles. The molecule has 0 atom stereocenters. The van der Waals surface area contributed by atoms with Crippen molar-refractivity contribution >= 4 is 11.7 Å². The van der Waals surface area contributed by atoms with Gasteiger partial charge in [0.1, 0.15) is 12.4 Å². The first-order valence-corrected chi connectivity index (χ1v) is 6.67. The maximum Gasteiger partial charge on any atom is 0.340 e. The Morgan fingerprint density at radius 1 is 1.25 bits per heavy atom. The zero-order chi connectivity index (χ0) is 15.2. The summed E-state index contributed by atoms with van der Waals surface area (Å²) in [5, 5.41) is 0. The number of carbonyl (C=O) groups excluding carboxylic acids is 1. The van der Waals surface area contributed by atoms with Gasteiger partial charge in [0.15, 0.2) is 0 Å². The topological polar surface area (TPSA) is 70.8 Å². The molecular weight excluding hydrogens is 258 g/mol. The van der Waals surface area contributed by atoms with Crippen LogP contribution < -0.4 is 10.5 Å². The minimum atomic E-state index is -0.443. The SMILES string of the molecule is CCOC(=O)c1cccc(OCCOC(C)(C)C)c1N. The molecule has 0 unspecified atom stereocenters. The maximum atomic E-state index is 11.7. The van der Waals surface area contributed by atoms with Crippen LogP contribution in [0.3, 0.4) is 0 Å². The lowest BCUT2D eigenvalue weighted by atomic mass is 10.1. The molecule has 0 aromatic heterocycles. The van der Waals surface area contributed by atoms with Crippen molar-refractivity contribution in [3.05, 3.63) is 23.8 Å². The standard InChI is InChI=1S/C15H23NO4/c1-5-18-14(17)11-7-6-8-12(13(11)16)19-9-10-20-15(2,3)4/h6-8H,5,9-10,16H2,1-4H3. The molecule has 0 saturated carbocycles. The van der Waals surface area contributed by atoms with Crippen LogP contribution >= 0.6 is 0 Å². The van der Waals surface area contributed by atoms with Gasteiger partial charge in [-0.15, -0.1) is 0 Å². The van der Waals surface area contributed by atoms with E-state index < -0.39 is 5.97 Å². The zero-order valence-corrected chi connectivity index (χ0v) is 12.6. The first-order chi connectivity index (χ1) is 9.35. The fourth-order valence-electron chi connectivity index (χ4n) is 1.56. The van der Waals surface area contributed by atoms with Crippen molar-refractivity contribution in [2.45, 2.75) is 33.3 Å². The van der Waals surface area contributed by atoms with E-state index in [2.05, 4.69) is 0 Å². The Hall–Kier alpha value is -1.75. The second kappa shape index (κ2) is 7.14. The van der Waals surface area contributed by atoms with Gasteiger partial charge in [0, 0.05) is 0 Å². The quantitative estimate of drug-likeness (QED) is 0.493. The summed E-state index contributed by atoms with van der Waals surface area (Å²) >= 11 is 0. The third-order valence-electron chi connectivity index (χ3n) is 2.44. The van der Waals surface area contributed by atoms with Crippen LogP contribution in [0.2, 0.25) is 0 Å². The van der Waals surface area contributed by atoms with Crippen molar-refractivity contribution in [2.75, 3.05) is 25.6 Å². The highest BCUT2D eigenvalue weighted by Crippen LogP contribution is 2.25. The van der Waals surface area contributed by atoms with E-state index >= 15 is 0 Å². The third-order valence-corrected chi connectivity index (χ3v) is 2.44. The van der Waals surface area contributed by atoms with Crippen molar-refractivity contribution in [3.63, 3.8) is 0 Å². The van der Waals surface area contributed by atoms with Crippen LogP contribution in [0.1, 0.15) is 38.1 Å². The van der Waals surface area contributed by atoms with Crippen molar-refractivity contribution in [2.24, 2.45) is 0 Å². The lowest BCUT2D eigenvalue weighted by Gasteiger charge is -2.19. The van der Waals surface area contributed by atoms with Gasteiger partial charge in [0.2, 0.25) is 0 Å². The molecule has 2 N–H and O–H groups in total. The minimum Gasteiger partial charge on any atom is -0.489 e. The predicted molar refractivity (Wildman–Crippen MR) is 78.0 cm³/mol. The molecule has 1 aromatic carbocycles. The normalized spacial score (nSPS) is 11.2. The summed E-state index contributed by atoms with van der Waals surface area (Å²) in [6.45, 7) is 8.80. The van der Waals surface area contributed by atoms with Gasteiger partial charge in [-0.1, -0.05) is 6.07 Å². The molecule has 1 rings (SSSR count). The molecule has 0 spiro atoms. The van der Waals surface area contributed by atoms with E-state index in [1.165, 1.54) is 0 Å². The van der Waals surface area contributed by atoms with Gasteiger partial charge >= 0.3 is 5.97 Å². The number of ether oxygens (including phenoxy) is 3. The average Bonchev–Trinajstić information content (AvgIpc) is 2.35. The number of esters is 1. The van der Waals surface area contributed by atoms with E-state index in [4.69, 9.17) is 19.9 Å². The molecule has 0 bridgehead atoms. The second-order valence-corrected chi connectivity index (χ2v) is 5.25. The monoisotopic (exact) mass is 281 g/mol. The van der Waals surface area contributed by atoms with Gasteiger partial charge in [-0.2, -0.15) is 0 Å². The Morgan fingerprint density at radius 3 is 2.55 bits per heavy atom. The Morgan fingerprint density at radius 2 is 1.95 bits per heavy atom. The van der Waals surface area contributed by atoms with Crippen molar-refractivity contribution in [1.82, 2.24) is 0 Å². The average molecular weight is 281 g/mol. The van der Waals surface area contributed by atoms with E-state index in [0.29, 0.717) is 36.8 Å². The van der Waals surface area contributed by atoms with Gasteiger partial charge in [-0.3, -0.25) is 0 Å². The molecule has 0 aliphatic heterocycles. The van der Waals surface area contributed by atoms with Crippen LogP contribution in [0.25, 0.3) is 0 Å². The number of para-hydroxylation sites is 1. The van der Waals surface area contributed by atoms with Gasteiger partial charge in [-0.05, 0) is 39.8 Å². The maximum absolute atomic E-state index is 11.7. The largest absolute Gasteiger partial charge is 0.489 e. The Kier molecular flexibility index (Phi) is 5.82. The summed E-state index contributed by atoms with van der Waals surface area (Å²) in [5.74, 6) is 0.0226. The number of anilines is 1. The van der Waals surface area contributed by atoms with Crippen LogP contribution in [0.15, 0.2) is 18.2 Å². The summed E-state index contributed by atoms with van der Waals surface area (Å²) in [4.78, 5) is 11.7. The van der Waals surface area contributed by atoms with Gasteiger partial charge in [0.25, 0.3) is 0 Å². The number of hydrogen-bond acceptors (Lipinski definition) is 5. The van der Waals surface area contributed by atoms with Gasteiger partial charge in [-0.25, -0.2) is 4.79 Å². The smallest absolute Gasteiger partial charge is 0.340 e. The molecule has 0 saturated heterocycles. The van der Waals surface area contributed by atoms with E-state index in [1.807, 2.05) is 20.8 Å². The lowest BCUT2D eigenvalue weighted by molar-refractivity contribution is -0.0162. The number of nitrogens with two attached hydrogens (primary N) is 1. The molecule has 20 heavy (non-hydrogen) atoms. The molecule has 0 heterocycles. The number of carbonyl (C=O) groups is 1. The molecule has 0 radical (unpaired) electrons. The molecule has 5 nitrogen and oxygen atoms in total. The van der Waals surface area contributed by atoms with Gasteiger partial charge in [0.05, 0.1) is 30.1 Å². The lowest BCUT2D eigenvalue weighted by Crippen LogP contribution is -2.22. The molecule has 0 aliphatic rings. The summed E-state index contributed by atoms with van der Waals surface area (Å²) in [6.07, 6.45) is 0. The molecule has 0 fully saturated rings. The number of benzene rings is 1. The number of rotatable bonds is 6. The van der Waals surface area contributed by atoms with Crippen LogP contribution in [-0.4, -0.2) is 31.4 Å². The van der Waals surface area contributed by atoms with Crippen LogP contribution in [0, 0.1) is 0 Å². The summed E-state index contributed by atoms with van der Waals surface area (Å²) < 4.78 is 16.0. The fourth-order valence-corrected chi connectivity index (χ4v) is 1.56. The van der Waals surface area contributed by atoms with Gasteiger partial charge < -0.3 is 19.9 Å². The molecule has 112 valence electrons. The predicted octanol–water partition coefficient (Wildman–Crippen LogP) is 2.64. The van der Waals surface area contributed by atoms with Crippen LogP contribution in [0.4, 0.5) is 5.69 Å². The number of hydrogen-bond donors (Lipinski definition) is 1. The van der Waals surface area contributed by atoms with E-state index in [1.54, 1.807) is 25.1 Å². The summed E-state index contributed by atoms with van der Waals surface area (Å²) in [5.41, 5.74) is 6.32. The van der Waals surface area contributed by atoms with Crippen molar-refractivity contribution < 1.29 is 19.0 Å². The third kappa shape index (κ3) is 5.09. The van der Waals surface area contributed by atoms with Crippen molar-refractivity contribution in [1.29, 1.82) is 0 Å². The minimum absolute atomic E-state index is 0.207. The molecule has 5 heteroatoms. The highest BCUT2D eigenvalue weighted by molar-refractivity contribution is 5.96. The highest BCUT2D eigenvalue weighted by Gasteiger charge is 2.14. The van der Waals surface area contributed by atoms with Crippen LogP contribution in [-0.2, 0) is 9.47 Å². The first-order valence-electron chi connectivity index (χ1n) is 6.67. The van der Waals surface area contributed by atoms with Crippen LogP contribution in [0.5, 0.6) is 5.75 Å². The molecule has 1 aromatic rings. The van der Waals surface area contributed by atoms with E-state index in [0.717, 1.165) is 0 Å². The van der Waals surface area contributed by atoms with Crippen molar-refractivity contribution in [3.8, 4) is 5.75 Å². The Labute approximate surface area is 120 Å². The zero-order valence-electron chi connectivity index (χ0n) is 12.6. The Bertz CT molecular complexity index is 452. The molecular formula is C15H23NO4. The first kappa shape index (κ1) is 16.3. The summed E-state index contributed by atoms with van der Waals surface area (Å²) in [7, 11) is 0. The molecule has 0 amide bonds. The summed E-state index contributed by atoms with van der Waals surface area (Å²) in [6, 6.07) is 5.05. The van der Waals surface area contributed by atoms with E-state index in [9.17, 15) is 4.79 Å². The Balaban J connectivity index is 2.63. The second-order valence-electron chi connectivity index (χ2n) is 5.25. The highest BCUT2D eigenvalue weighted by atomic mass is 16.5.